The van der Waals surface area contributed by atoms with E-state index in [1.807, 2.05) is 0 Å². The number of hydrazone groups is 1. The zero-order chi connectivity index (χ0) is 21.6. The molecule has 7 nitrogen and oxygen atoms in total. The zero-order valence-corrected chi connectivity index (χ0v) is 17.4. The summed E-state index contributed by atoms with van der Waals surface area (Å²) in [6.45, 7) is 0. The lowest BCUT2D eigenvalue weighted by atomic mass is 10.2. The molecule has 0 bridgehead atoms. The predicted molar refractivity (Wildman–Crippen MR) is 114 cm³/mol. The first-order valence-electron chi connectivity index (χ1n) is 8.65. The molecular formula is C21H17ClN2O5S. The van der Waals surface area contributed by atoms with Crippen molar-refractivity contribution in [3.63, 3.8) is 0 Å². The summed E-state index contributed by atoms with van der Waals surface area (Å²) in [6, 6.07) is 18.9. The quantitative estimate of drug-likeness (QED) is 0.258. The van der Waals surface area contributed by atoms with Crippen LogP contribution in [-0.4, -0.2) is 27.7 Å². The highest BCUT2D eigenvalue weighted by Gasteiger charge is 2.14. The van der Waals surface area contributed by atoms with Crippen LogP contribution in [0.1, 0.15) is 15.9 Å². The van der Waals surface area contributed by atoms with Gasteiger partial charge in [-0.25, -0.2) is 9.63 Å². The summed E-state index contributed by atoms with van der Waals surface area (Å²) in [7, 11) is -2.34. The molecule has 0 saturated heterocycles. The van der Waals surface area contributed by atoms with Crippen molar-refractivity contribution in [2.24, 2.45) is 5.10 Å². The number of rotatable bonds is 7. The van der Waals surface area contributed by atoms with Crippen molar-refractivity contribution in [1.29, 1.82) is 0 Å². The summed E-state index contributed by atoms with van der Waals surface area (Å²) in [6.07, 6.45) is 1.31. The number of halogens is 1. The summed E-state index contributed by atoms with van der Waals surface area (Å²) in [5.74, 6) is -0.0753. The number of carbonyl (C=O) groups excluding carboxylic acids is 1. The molecule has 0 aliphatic rings. The Morgan fingerprint density at radius 2 is 1.70 bits per heavy atom. The van der Waals surface area contributed by atoms with E-state index in [0.29, 0.717) is 16.1 Å². The first kappa shape index (κ1) is 21.4. The Labute approximate surface area is 179 Å². The second-order valence-corrected chi connectivity index (χ2v) is 8.07. The van der Waals surface area contributed by atoms with E-state index in [2.05, 4.69) is 9.93 Å². The summed E-state index contributed by atoms with van der Waals surface area (Å²) < 4.78 is 35.0. The molecule has 0 spiro atoms. The van der Waals surface area contributed by atoms with Crippen LogP contribution in [-0.2, 0) is 10.0 Å². The SMILES string of the molecule is COc1cc(C=NNS(=O)(=O)c2ccccc2)ccc1OC(=O)c1ccc(Cl)cc1. The van der Waals surface area contributed by atoms with Gasteiger partial charge in [0.15, 0.2) is 11.5 Å². The number of hydrogen-bond acceptors (Lipinski definition) is 6. The molecular weight excluding hydrogens is 428 g/mol. The van der Waals surface area contributed by atoms with Gasteiger partial charge in [-0.3, -0.25) is 0 Å². The van der Waals surface area contributed by atoms with Gasteiger partial charge in [0, 0.05) is 5.02 Å². The minimum Gasteiger partial charge on any atom is -0.493 e. The highest BCUT2D eigenvalue weighted by atomic mass is 35.5. The number of ether oxygens (including phenoxy) is 2. The number of hydrogen-bond donors (Lipinski definition) is 1. The number of methoxy groups -OCH3 is 1. The van der Waals surface area contributed by atoms with Gasteiger partial charge in [-0.2, -0.15) is 13.5 Å². The van der Waals surface area contributed by atoms with Gasteiger partial charge in [0.25, 0.3) is 10.0 Å². The van der Waals surface area contributed by atoms with Gasteiger partial charge in [0.2, 0.25) is 0 Å². The standard InChI is InChI=1S/C21H17ClN2O5S/c1-28-20-13-15(14-23-24-30(26,27)18-5-3-2-4-6-18)7-12-19(20)29-21(25)16-8-10-17(22)11-9-16/h2-14,24H,1H3. The van der Waals surface area contributed by atoms with E-state index in [9.17, 15) is 13.2 Å². The van der Waals surface area contributed by atoms with Crippen LogP contribution in [0.4, 0.5) is 0 Å². The molecule has 0 unspecified atom stereocenters. The van der Waals surface area contributed by atoms with Gasteiger partial charge in [-0.1, -0.05) is 29.8 Å². The Morgan fingerprint density at radius 1 is 1.00 bits per heavy atom. The summed E-state index contributed by atoms with van der Waals surface area (Å²) in [5, 5.41) is 4.28. The topological polar surface area (TPSA) is 94.1 Å². The van der Waals surface area contributed by atoms with Gasteiger partial charge >= 0.3 is 5.97 Å². The third-order valence-electron chi connectivity index (χ3n) is 3.91. The minimum absolute atomic E-state index is 0.101. The number of nitrogens with one attached hydrogen (secondary N) is 1. The van der Waals surface area contributed by atoms with Crippen molar-refractivity contribution >= 4 is 33.8 Å². The number of esters is 1. The minimum atomic E-state index is -3.76. The largest absolute Gasteiger partial charge is 0.493 e. The van der Waals surface area contributed by atoms with Crippen LogP contribution in [0.5, 0.6) is 11.5 Å². The smallest absolute Gasteiger partial charge is 0.343 e. The molecule has 154 valence electrons. The van der Waals surface area contributed by atoms with Crippen molar-refractivity contribution in [3.05, 3.63) is 88.9 Å². The zero-order valence-electron chi connectivity index (χ0n) is 15.8. The molecule has 1 N–H and O–H groups in total. The van der Waals surface area contributed by atoms with E-state index in [0.717, 1.165) is 0 Å². The third kappa shape index (κ3) is 5.37. The average molecular weight is 445 g/mol. The fraction of sp³-hybridized carbons (Fsp3) is 0.0476. The molecule has 0 fully saturated rings. The molecule has 0 amide bonds. The summed E-state index contributed by atoms with van der Waals surface area (Å²) in [5.41, 5.74) is 0.872. The predicted octanol–water partition coefficient (Wildman–Crippen LogP) is 3.88. The lowest BCUT2D eigenvalue weighted by molar-refractivity contribution is 0.0729. The summed E-state index contributed by atoms with van der Waals surface area (Å²) >= 11 is 5.82. The fourth-order valence-electron chi connectivity index (χ4n) is 2.42. The highest BCUT2D eigenvalue weighted by Crippen LogP contribution is 2.28. The van der Waals surface area contributed by atoms with Gasteiger partial charge in [0.1, 0.15) is 0 Å². The second kappa shape index (κ2) is 9.43. The maximum atomic E-state index is 12.3. The lowest BCUT2D eigenvalue weighted by Crippen LogP contribution is -2.18. The average Bonchev–Trinajstić information content (AvgIpc) is 2.75. The highest BCUT2D eigenvalue weighted by molar-refractivity contribution is 7.89. The molecule has 9 heteroatoms. The van der Waals surface area contributed by atoms with Crippen LogP contribution in [0.2, 0.25) is 5.02 Å². The van der Waals surface area contributed by atoms with E-state index in [-0.39, 0.29) is 16.4 Å². The molecule has 0 radical (unpaired) electrons. The van der Waals surface area contributed by atoms with E-state index >= 15 is 0 Å². The Kier molecular flexibility index (Phi) is 6.71. The van der Waals surface area contributed by atoms with Gasteiger partial charge < -0.3 is 9.47 Å². The Bertz CT molecular complexity index is 1160. The molecule has 0 aliphatic carbocycles. The van der Waals surface area contributed by atoms with E-state index < -0.39 is 16.0 Å². The Hall–Kier alpha value is -3.36. The van der Waals surface area contributed by atoms with Crippen molar-refractivity contribution in [2.75, 3.05) is 7.11 Å². The van der Waals surface area contributed by atoms with E-state index in [4.69, 9.17) is 21.1 Å². The summed E-state index contributed by atoms with van der Waals surface area (Å²) in [4.78, 5) is 14.5. The number of sulfonamides is 1. The third-order valence-corrected chi connectivity index (χ3v) is 5.40. The number of carbonyl (C=O) groups is 1. The Morgan fingerprint density at radius 3 is 2.37 bits per heavy atom. The molecule has 0 aliphatic heterocycles. The molecule has 0 atom stereocenters. The molecule has 30 heavy (non-hydrogen) atoms. The first-order chi connectivity index (χ1) is 14.4. The van der Waals surface area contributed by atoms with E-state index in [1.54, 1.807) is 54.6 Å². The maximum Gasteiger partial charge on any atom is 0.343 e. The van der Waals surface area contributed by atoms with E-state index in [1.165, 1.54) is 31.5 Å². The molecule has 3 aromatic carbocycles. The normalized spacial score (nSPS) is 11.3. The lowest BCUT2D eigenvalue weighted by Gasteiger charge is -2.10. The second-order valence-electron chi connectivity index (χ2n) is 5.97. The van der Waals surface area contributed by atoms with Gasteiger partial charge in [-0.05, 0) is 60.2 Å². The molecule has 0 heterocycles. The van der Waals surface area contributed by atoms with Crippen molar-refractivity contribution < 1.29 is 22.7 Å². The molecule has 3 aromatic rings. The van der Waals surface area contributed by atoms with Crippen molar-refractivity contribution in [3.8, 4) is 11.5 Å². The molecule has 3 rings (SSSR count). The van der Waals surface area contributed by atoms with Gasteiger partial charge in [0.05, 0.1) is 23.8 Å². The van der Waals surface area contributed by atoms with Crippen LogP contribution >= 0.6 is 11.6 Å². The first-order valence-corrected chi connectivity index (χ1v) is 10.5. The van der Waals surface area contributed by atoms with Crippen LogP contribution in [0, 0.1) is 0 Å². The van der Waals surface area contributed by atoms with Gasteiger partial charge in [-0.15, -0.1) is 0 Å². The number of benzene rings is 3. The van der Waals surface area contributed by atoms with Crippen molar-refractivity contribution in [1.82, 2.24) is 4.83 Å². The Balaban J connectivity index is 1.71. The fourth-order valence-corrected chi connectivity index (χ4v) is 3.35. The van der Waals surface area contributed by atoms with Crippen LogP contribution in [0.3, 0.4) is 0 Å². The van der Waals surface area contributed by atoms with Crippen molar-refractivity contribution in [2.45, 2.75) is 4.90 Å². The van der Waals surface area contributed by atoms with Crippen LogP contribution < -0.4 is 14.3 Å². The molecule has 0 saturated carbocycles. The maximum absolute atomic E-state index is 12.3. The molecule has 0 aromatic heterocycles. The monoisotopic (exact) mass is 444 g/mol. The van der Waals surface area contributed by atoms with Crippen LogP contribution in [0.25, 0.3) is 0 Å². The van der Waals surface area contributed by atoms with Crippen LogP contribution in [0.15, 0.2) is 82.8 Å². The number of nitrogens with zero attached hydrogens (tertiary/aromatic N) is 1.